The van der Waals surface area contributed by atoms with Crippen molar-refractivity contribution in [3.05, 3.63) is 34.9 Å². The van der Waals surface area contributed by atoms with E-state index in [1.807, 2.05) is 12.1 Å². The molecular formula is C16H19NO5S. The normalized spacial score (nSPS) is 28.8. The lowest BCUT2D eigenvalue weighted by Gasteiger charge is -2.10. The minimum absolute atomic E-state index is 0.107. The third kappa shape index (κ3) is 2.88. The Morgan fingerprint density at radius 1 is 1.26 bits per heavy atom. The van der Waals surface area contributed by atoms with Crippen LogP contribution in [-0.2, 0) is 43.3 Å². The summed E-state index contributed by atoms with van der Waals surface area (Å²) >= 11 is 0. The first-order valence-corrected chi connectivity index (χ1v) is 9.43. The van der Waals surface area contributed by atoms with E-state index >= 15 is 0 Å². The van der Waals surface area contributed by atoms with Crippen molar-refractivity contribution in [2.45, 2.75) is 31.8 Å². The Morgan fingerprint density at radius 2 is 2.09 bits per heavy atom. The first kappa shape index (κ1) is 15.1. The number of carbonyl (C=O) groups excluding carboxylic acids is 1. The van der Waals surface area contributed by atoms with Crippen LogP contribution in [0.3, 0.4) is 0 Å². The summed E-state index contributed by atoms with van der Waals surface area (Å²) in [6.45, 7) is 2.31. The van der Waals surface area contributed by atoms with E-state index in [-0.39, 0.29) is 23.0 Å². The van der Waals surface area contributed by atoms with Crippen molar-refractivity contribution >= 4 is 15.9 Å². The maximum atomic E-state index is 12.3. The van der Waals surface area contributed by atoms with E-state index in [0.29, 0.717) is 32.0 Å². The van der Waals surface area contributed by atoms with Gasteiger partial charge in [0, 0.05) is 17.9 Å². The average molecular weight is 337 g/mol. The summed E-state index contributed by atoms with van der Waals surface area (Å²) < 4.78 is 37.4. The van der Waals surface area contributed by atoms with Crippen LogP contribution in [0.5, 0.6) is 0 Å². The Hall–Kier alpha value is -1.44. The van der Waals surface area contributed by atoms with Crippen molar-refractivity contribution in [3.63, 3.8) is 0 Å². The number of carbonyl (C=O) groups is 1. The maximum Gasteiger partial charge on any atom is 0.239 e. The first-order valence-electron chi connectivity index (χ1n) is 7.78. The van der Waals surface area contributed by atoms with Gasteiger partial charge in [-0.1, -0.05) is 18.2 Å². The fraction of sp³-hybridized carbons (Fsp3) is 0.562. The predicted octanol–water partition coefficient (Wildman–Crippen LogP) is 1.09. The Labute approximate surface area is 135 Å². The van der Waals surface area contributed by atoms with E-state index in [1.165, 1.54) is 0 Å². The van der Waals surface area contributed by atoms with Crippen LogP contribution >= 0.6 is 0 Å². The molecular weight excluding hydrogens is 318 g/mol. The van der Waals surface area contributed by atoms with Crippen LogP contribution in [-0.4, -0.2) is 27.5 Å². The van der Waals surface area contributed by atoms with Gasteiger partial charge in [-0.25, -0.2) is 8.42 Å². The zero-order valence-electron chi connectivity index (χ0n) is 12.7. The molecule has 3 aliphatic rings. The lowest BCUT2D eigenvalue weighted by Crippen LogP contribution is -2.34. The molecule has 0 bridgehead atoms. The van der Waals surface area contributed by atoms with Crippen LogP contribution in [0.25, 0.3) is 0 Å². The lowest BCUT2D eigenvalue weighted by molar-refractivity contribution is -0.121. The van der Waals surface area contributed by atoms with Gasteiger partial charge in [0.2, 0.25) is 15.9 Å². The zero-order chi connectivity index (χ0) is 16.1. The van der Waals surface area contributed by atoms with Gasteiger partial charge in [0.25, 0.3) is 0 Å². The molecule has 1 spiro atoms. The monoisotopic (exact) mass is 337 g/mol. The van der Waals surface area contributed by atoms with Gasteiger partial charge in [-0.15, -0.1) is 0 Å². The SMILES string of the molecule is O=C(NS(=O)(=O)Cc1ccc2c(c1)COC2)C1CC12CCOC2. The van der Waals surface area contributed by atoms with Crippen molar-refractivity contribution in [3.8, 4) is 0 Å². The molecule has 23 heavy (non-hydrogen) atoms. The second kappa shape index (κ2) is 5.29. The minimum atomic E-state index is -3.68. The van der Waals surface area contributed by atoms with Gasteiger partial charge < -0.3 is 9.47 Å². The number of hydrogen-bond acceptors (Lipinski definition) is 5. The molecule has 1 N–H and O–H groups in total. The molecule has 124 valence electrons. The summed E-state index contributed by atoms with van der Waals surface area (Å²) in [4.78, 5) is 12.2. The second-order valence-corrected chi connectivity index (χ2v) is 8.47. The van der Waals surface area contributed by atoms with E-state index in [2.05, 4.69) is 4.72 Å². The van der Waals surface area contributed by atoms with Gasteiger partial charge in [-0.3, -0.25) is 9.52 Å². The minimum Gasteiger partial charge on any atom is -0.381 e. The highest BCUT2D eigenvalue weighted by Gasteiger charge is 2.60. The molecule has 1 aromatic rings. The van der Waals surface area contributed by atoms with Crippen molar-refractivity contribution in [1.29, 1.82) is 0 Å². The van der Waals surface area contributed by atoms with E-state index in [9.17, 15) is 13.2 Å². The van der Waals surface area contributed by atoms with Gasteiger partial charge >= 0.3 is 0 Å². The highest BCUT2D eigenvalue weighted by molar-refractivity contribution is 7.89. The molecule has 1 aliphatic carbocycles. The molecule has 1 amide bonds. The van der Waals surface area contributed by atoms with Crippen molar-refractivity contribution in [1.82, 2.24) is 4.72 Å². The third-order valence-electron chi connectivity index (χ3n) is 5.04. The molecule has 1 aromatic carbocycles. The van der Waals surface area contributed by atoms with Crippen LogP contribution in [0.2, 0.25) is 0 Å². The summed E-state index contributed by atoms with van der Waals surface area (Å²) in [5.41, 5.74) is 2.68. The lowest BCUT2D eigenvalue weighted by atomic mass is 10.0. The molecule has 2 heterocycles. The smallest absolute Gasteiger partial charge is 0.239 e. The summed E-state index contributed by atoms with van der Waals surface area (Å²) in [6, 6.07) is 5.51. The molecule has 2 fully saturated rings. The topological polar surface area (TPSA) is 81.7 Å². The van der Waals surface area contributed by atoms with Crippen molar-refractivity contribution in [2.24, 2.45) is 11.3 Å². The number of rotatable bonds is 4. The van der Waals surface area contributed by atoms with E-state index in [4.69, 9.17) is 9.47 Å². The third-order valence-corrected chi connectivity index (χ3v) is 6.26. The molecule has 4 rings (SSSR count). The fourth-order valence-electron chi connectivity index (χ4n) is 3.57. The van der Waals surface area contributed by atoms with Crippen LogP contribution in [0.1, 0.15) is 29.5 Å². The van der Waals surface area contributed by atoms with Gasteiger partial charge in [0.15, 0.2) is 0 Å². The number of fused-ring (bicyclic) bond motifs is 1. The summed E-state index contributed by atoms with van der Waals surface area (Å²) in [5, 5.41) is 0. The fourth-order valence-corrected chi connectivity index (χ4v) is 4.71. The summed E-state index contributed by atoms with van der Waals surface area (Å²) in [7, 11) is -3.68. The molecule has 2 aliphatic heterocycles. The highest BCUT2D eigenvalue weighted by atomic mass is 32.2. The maximum absolute atomic E-state index is 12.3. The zero-order valence-corrected chi connectivity index (χ0v) is 13.5. The number of hydrogen-bond donors (Lipinski definition) is 1. The van der Waals surface area contributed by atoms with E-state index in [0.717, 1.165) is 24.0 Å². The average Bonchev–Trinajstić information content (AvgIpc) is 2.83. The number of sulfonamides is 1. The number of nitrogens with one attached hydrogen (secondary N) is 1. The summed E-state index contributed by atoms with van der Waals surface area (Å²) in [6.07, 6.45) is 1.57. The predicted molar refractivity (Wildman–Crippen MR) is 81.7 cm³/mol. The van der Waals surface area contributed by atoms with Gasteiger partial charge in [0.05, 0.1) is 25.6 Å². The van der Waals surface area contributed by atoms with Gasteiger partial charge in [-0.05, 0) is 29.5 Å². The Bertz CT molecular complexity index is 752. The Kier molecular flexibility index (Phi) is 3.48. The molecule has 2 atom stereocenters. The molecule has 0 radical (unpaired) electrons. The molecule has 1 saturated heterocycles. The molecule has 0 aromatic heterocycles. The standard InChI is InChI=1S/C16H19NO5S/c18-15(14-6-16(14)3-4-21-10-16)17-23(19,20)9-11-1-2-12-7-22-8-13(12)5-11/h1-2,5,14H,3-4,6-10H2,(H,17,18). The number of amides is 1. The first-order chi connectivity index (χ1) is 11.0. The second-order valence-electron chi connectivity index (χ2n) is 6.74. The van der Waals surface area contributed by atoms with E-state index < -0.39 is 10.0 Å². The molecule has 1 saturated carbocycles. The molecule has 2 unspecified atom stereocenters. The van der Waals surface area contributed by atoms with Crippen molar-refractivity contribution < 1.29 is 22.7 Å². The Morgan fingerprint density at radius 3 is 2.87 bits per heavy atom. The van der Waals surface area contributed by atoms with Crippen molar-refractivity contribution in [2.75, 3.05) is 13.2 Å². The summed E-state index contributed by atoms with van der Waals surface area (Å²) in [5.74, 6) is -0.810. The van der Waals surface area contributed by atoms with Crippen LogP contribution < -0.4 is 4.72 Å². The van der Waals surface area contributed by atoms with Crippen LogP contribution in [0, 0.1) is 11.3 Å². The van der Waals surface area contributed by atoms with Gasteiger partial charge in [-0.2, -0.15) is 0 Å². The van der Waals surface area contributed by atoms with Gasteiger partial charge in [0.1, 0.15) is 0 Å². The number of ether oxygens (including phenoxy) is 2. The Balaban J connectivity index is 1.41. The van der Waals surface area contributed by atoms with Crippen LogP contribution in [0.4, 0.5) is 0 Å². The largest absolute Gasteiger partial charge is 0.381 e. The highest BCUT2D eigenvalue weighted by Crippen LogP contribution is 2.57. The molecule has 7 heteroatoms. The van der Waals surface area contributed by atoms with E-state index in [1.54, 1.807) is 6.07 Å². The quantitative estimate of drug-likeness (QED) is 0.889. The van der Waals surface area contributed by atoms with Crippen LogP contribution in [0.15, 0.2) is 18.2 Å². The number of benzene rings is 1. The molecule has 6 nitrogen and oxygen atoms in total.